The second-order valence-corrected chi connectivity index (χ2v) is 5.06. The van der Waals surface area contributed by atoms with Crippen LogP contribution in [0, 0.1) is 0 Å². The monoisotopic (exact) mass is 305 g/mol. The van der Waals surface area contributed by atoms with E-state index in [-0.39, 0.29) is 25.0 Å². The molecule has 0 radical (unpaired) electrons. The van der Waals surface area contributed by atoms with Crippen LogP contribution >= 0.6 is 0 Å². The summed E-state index contributed by atoms with van der Waals surface area (Å²) < 4.78 is 42.2. The van der Waals surface area contributed by atoms with E-state index in [1.165, 1.54) is 0 Å². The van der Waals surface area contributed by atoms with Gasteiger partial charge in [-0.05, 0) is 12.8 Å². The number of imidazole rings is 1. The Kier molecular flexibility index (Phi) is 5.22. The molecule has 2 rings (SSSR count). The molecule has 0 aliphatic carbocycles. The van der Waals surface area contributed by atoms with Gasteiger partial charge in [-0.2, -0.15) is 13.2 Å². The molecule has 1 aliphatic rings. The number of rotatable bonds is 5. The largest absolute Gasteiger partial charge is 0.411 e. The van der Waals surface area contributed by atoms with E-state index in [1.807, 2.05) is 10.8 Å². The number of alkyl halides is 3. The minimum atomic E-state index is -4.35. The smallest absolute Gasteiger partial charge is 0.372 e. The lowest BCUT2D eigenvalue weighted by molar-refractivity contribution is -0.175. The fraction of sp³-hybridized carbons (Fsp3) is 0.692. The van der Waals surface area contributed by atoms with Gasteiger partial charge in [0.05, 0.1) is 25.4 Å². The van der Waals surface area contributed by atoms with E-state index in [0.717, 1.165) is 12.8 Å². The van der Waals surface area contributed by atoms with Gasteiger partial charge in [0.1, 0.15) is 6.61 Å². The first-order valence-electron chi connectivity index (χ1n) is 6.85. The minimum Gasteiger partial charge on any atom is -0.372 e. The summed E-state index contributed by atoms with van der Waals surface area (Å²) in [7, 11) is 0. The molecule has 0 aromatic carbocycles. The van der Waals surface area contributed by atoms with E-state index >= 15 is 0 Å². The number of ether oxygens (including phenoxy) is 1. The van der Waals surface area contributed by atoms with Crippen LogP contribution in [0.4, 0.5) is 13.2 Å². The fourth-order valence-electron chi connectivity index (χ4n) is 2.42. The van der Waals surface area contributed by atoms with Crippen molar-refractivity contribution in [2.24, 2.45) is 0 Å². The molecule has 0 N–H and O–H groups in total. The number of piperidine rings is 1. The molecule has 5 nitrogen and oxygen atoms in total. The van der Waals surface area contributed by atoms with Crippen LogP contribution in [-0.4, -0.2) is 52.8 Å². The van der Waals surface area contributed by atoms with Crippen LogP contribution in [0.2, 0.25) is 0 Å². The average Bonchev–Trinajstić information content (AvgIpc) is 2.96. The van der Waals surface area contributed by atoms with Gasteiger partial charge in [0.25, 0.3) is 0 Å². The number of halogens is 3. The number of amides is 1. The van der Waals surface area contributed by atoms with Crippen LogP contribution in [0.3, 0.4) is 0 Å². The van der Waals surface area contributed by atoms with Crippen molar-refractivity contribution in [1.29, 1.82) is 0 Å². The van der Waals surface area contributed by atoms with E-state index in [1.54, 1.807) is 17.4 Å². The van der Waals surface area contributed by atoms with Crippen LogP contribution in [-0.2, 0) is 9.53 Å². The van der Waals surface area contributed by atoms with Gasteiger partial charge in [0, 0.05) is 25.5 Å². The Morgan fingerprint density at radius 2 is 2.24 bits per heavy atom. The van der Waals surface area contributed by atoms with E-state index < -0.39 is 12.8 Å². The number of carbonyl (C=O) groups excluding carboxylic acids is 1. The zero-order chi connectivity index (χ0) is 15.3. The zero-order valence-corrected chi connectivity index (χ0v) is 11.6. The Labute approximate surface area is 120 Å². The summed E-state index contributed by atoms with van der Waals surface area (Å²) in [6, 6.07) is 0.182. The van der Waals surface area contributed by atoms with Crippen LogP contribution in [0.5, 0.6) is 0 Å². The van der Waals surface area contributed by atoms with E-state index in [2.05, 4.69) is 9.72 Å². The lowest BCUT2D eigenvalue weighted by Crippen LogP contribution is -2.40. The molecule has 1 amide bonds. The topological polar surface area (TPSA) is 47.4 Å². The third-order valence-corrected chi connectivity index (χ3v) is 3.42. The maximum Gasteiger partial charge on any atom is 0.411 e. The normalized spacial score (nSPS) is 19.8. The highest BCUT2D eigenvalue weighted by Crippen LogP contribution is 2.21. The SMILES string of the molecule is O=C(CCOCC(F)(F)F)N1CCCC(n2ccnc2)C1. The van der Waals surface area contributed by atoms with Crippen molar-refractivity contribution in [3.8, 4) is 0 Å². The molecule has 2 heterocycles. The van der Waals surface area contributed by atoms with Crippen LogP contribution in [0.1, 0.15) is 25.3 Å². The predicted octanol–water partition coefficient (Wildman–Crippen LogP) is 2.02. The van der Waals surface area contributed by atoms with Gasteiger partial charge in [0.15, 0.2) is 0 Å². The first-order chi connectivity index (χ1) is 9.96. The quantitative estimate of drug-likeness (QED) is 0.782. The molecule has 8 heteroatoms. The van der Waals surface area contributed by atoms with Crippen LogP contribution in [0.15, 0.2) is 18.7 Å². The average molecular weight is 305 g/mol. The Bertz CT molecular complexity index is 448. The number of aromatic nitrogens is 2. The van der Waals surface area contributed by atoms with Crippen LogP contribution < -0.4 is 0 Å². The molecule has 1 saturated heterocycles. The zero-order valence-electron chi connectivity index (χ0n) is 11.6. The Balaban J connectivity index is 1.74. The minimum absolute atomic E-state index is 0.0211. The second kappa shape index (κ2) is 6.93. The van der Waals surface area contributed by atoms with Crippen molar-refractivity contribution in [2.75, 3.05) is 26.3 Å². The highest BCUT2D eigenvalue weighted by atomic mass is 19.4. The summed E-state index contributed by atoms with van der Waals surface area (Å²) in [5.41, 5.74) is 0. The first kappa shape index (κ1) is 15.8. The number of nitrogens with zero attached hydrogens (tertiary/aromatic N) is 3. The summed E-state index contributed by atoms with van der Waals surface area (Å²) in [4.78, 5) is 17.6. The third-order valence-electron chi connectivity index (χ3n) is 3.42. The van der Waals surface area contributed by atoms with Crippen molar-refractivity contribution >= 4 is 5.91 Å². The van der Waals surface area contributed by atoms with E-state index in [4.69, 9.17) is 0 Å². The van der Waals surface area contributed by atoms with Gasteiger partial charge in [0.2, 0.25) is 5.91 Å². The van der Waals surface area contributed by atoms with Gasteiger partial charge < -0.3 is 14.2 Å². The van der Waals surface area contributed by atoms with Crippen molar-refractivity contribution < 1.29 is 22.7 Å². The van der Waals surface area contributed by atoms with Gasteiger partial charge in [-0.15, -0.1) is 0 Å². The Morgan fingerprint density at radius 1 is 1.43 bits per heavy atom. The molecule has 1 aliphatic heterocycles. The molecule has 1 atom stereocenters. The number of hydrogen-bond acceptors (Lipinski definition) is 3. The summed E-state index contributed by atoms with van der Waals surface area (Å²) in [5.74, 6) is -0.165. The standard InChI is InChI=1S/C13H18F3N3O2/c14-13(15,16)9-21-7-3-12(20)18-5-1-2-11(8-18)19-6-4-17-10-19/h4,6,10-11H,1-3,5,7-9H2. The first-order valence-corrected chi connectivity index (χ1v) is 6.85. The van der Waals surface area contributed by atoms with Crippen molar-refractivity contribution in [2.45, 2.75) is 31.5 Å². The fourth-order valence-corrected chi connectivity index (χ4v) is 2.42. The summed E-state index contributed by atoms with van der Waals surface area (Å²) in [6.45, 7) is -0.305. The molecule has 0 spiro atoms. The Hall–Kier alpha value is -1.57. The van der Waals surface area contributed by atoms with Gasteiger partial charge in [-0.25, -0.2) is 4.98 Å². The predicted molar refractivity (Wildman–Crippen MR) is 68.6 cm³/mol. The molecule has 1 fully saturated rings. The molecule has 1 aromatic heterocycles. The molecule has 1 aromatic rings. The third kappa shape index (κ3) is 5.04. The summed E-state index contributed by atoms with van der Waals surface area (Å²) >= 11 is 0. The van der Waals surface area contributed by atoms with Gasteiger partial charge in [-0.3, -0.25) is 4.79 Å². The van der Waals surface area contributed by atoms with E-state index in [9.17, 15) is 18.0 Å². The molecule has 118 valence electrons. The maximum atomic E-state index is 12.0. The highest BCUT2D eigenvalue weighted by molar-refractivity contribution is 5.76. The molecular formula is C13H18F3N3O2. The van der Waals surface area contributed by atoms with Crippen molar-refractivity contribution in [3.05, 3.63) is 18.7 Å². The molecule has 1 unspecified atom stereocenters. The maximum absolute atomic E-state index is 12.0. The van der Waals surface area contributed by atoms with Crippen LogP contribution in [0.25, 0.3) is 0 Å². The summed E-state index contributed by atoms with van der Waals surface area (Å²) in [6.07, 6.45) is 2.72. The molecular weight excluding hydrogens is 287 g/mol. The summed E-state index contributed by atoms with van der Waals surface area (Å²) in [5, 5.41) is 0. The highest BCUT2D eigenvalue weighted by Gasteiger charge is 2.28. The molecule has 0 bridgehead atoms. The second-order valence-electron chi connectivity index (χ2n) is 5.06. The molecule has 21 heavy (non-hydrogen) atoms. The van der Waals surface area contributed by atoms with Gasteiger partial charge >= 0.3 is 6.18 Å². The number of hydrogen-bond donors (Lipinski definition) is 0. The van der Waals surface area contributed by atoms with Crippen molar-refractivity contribution in [1.82, 2.24) is 14.5 Å². The number of carbonyl (C=O) groups is 1. The molecule has 0 saturated carbocycles. The number of likely N-dealkylation sites (tertiary alicyclic amines) is 1. The Morgan fingerprint density at radius 3 is 2.90 bits per heavy atom. The lowest BCUT2D eigenvalue weighted by atomic mass is 10.1. The lowest BCUT2D eigenvalue weighted by Gasteiger charge is -2.33. The van der Waals surface area contributed by atoms with E-state index in [0.29, 0.717) is 13.1 Å². The van der Waals surface area contributed by atoms with Gasteiger partial charge in [-0.1, -0.05) is 0 Å². The van der Waals surface area contributed by atoms with Crippen molar-refractivity contribution in [3.63, 3.8) is 0 Å².